The minimum Gasteiger partial charge on any atom is -0.459 e. The van der Waals surface area contributed by atoms with Crippen molar-refractivity contribution in [2.75, 3.05) is 0 Å². The molecular formula is C16H20ClNO2. The fraction of sp³-hybridized carbons (Fsp3) is 0.500. The molecule has 0 aliphatic heterocycles. The molecule has 0 fully saturated rings. The lowest BCUT2D eigenvalue weighted by Gasteiger charge is -2.25. The van der Waals surface area contributed by atoms with Crippen LogP contribution in [0.15, 0.2) is 24.3 Å². The average molecular weight is 294 g/mol. The molecule has 0 aliphatic rings. The summed E-state index contributed by atoms with van der Waals surface area (Å²) in [6.45, 7) is 7.34. The molecular weight excluding hydrogens is 274 g/mol. The Hall–Kier alpha value is -1.53. The summed E-state index contributed by atoms with van der Waals surface area (Å²) < 4.78 is 5.33. The van der Waals surface area contributed by atoms with Crippen LogP contribution in [0, 0.1) is 17.2 Å². The van der Waals surface area contributed by atoms with Crippen LogP contribution in [0.2, 0.25) is 5.02 Å². The van der Waals surface area contributed by atoms with Gasteiger partial charge in [0.15, 0.2) is 5.92 Å². The van der Waals surface area contributed by atoms with Crippen LogP contribution in [0.25, 0.3) is 0 Å². The van der Waals surface area contributed by atoms with Gasteiger partial charge in [-0.1, -0.05) is 30.7 Å². The van der Waals surface area contributed by atoms with Crippen molar-refractivity contribution in [2.24, 2.45) is 5.92 Å². The summed E-state index contributed by atoms with van der Waals surface area (Å²) in [5.74, 6) is -1.46. The molecule has 1 aromatic rings. The van der Waals surface area contributed by atoms with Crippen LogP contribution in [0.3, 0.4) is 0 Å². The molecule has 0 aliphatic carbocycles. The van der Waals surface area contributed by atoms with Crippen molar-refractivity contribution < 1.29 is 9.53 Å². The lowest BCUT2D eigenvalue weighted by atomic mass is 9.85. The zero-order chi connectivity index (χ0) is 15.3. The van der Waals surface area contributed by atoms with Gasteiger partial charge in [0.25, 0.3) is 0 Å². The second-order valence-electron chi connectivity index (χ2n) is 5.71. The van der Waals surface area contributed by atoms with Crippen LogP contribution in [-0.2, 0) is 9.53 Å². The highest BCUT2D eigenvalue weighted by Crippen LogP contribution is 2.30. The van der Waals surface area contributed by atoms with Crippen LogP contribution in [0.4, 0.5) is 0 Å². The van der Waals surface area contributed by atoms with Gasteiger partial charge in [-0.3, -0.25) is 4.79 Å². The molecule has 2 atom stereocenters. The molecule has 20 heavy (non-hydrogen) atoms. The maximum Gasteiger partial charge on any atom is 0.324 e. The second-order valence-corrected chi connectivity index (χ2v) is 6.14. The molecule has 0 radical (unpaired) electrons. The fourth-order valence-electron chi connectivity index (χ4n) is 2.05. The van der Waals surface area contributed by atoms with E-state index >= 15 is 0 Å². The number of nitriles is 1. The van der Waals surface area contributed by atoms with Gasteiger partial charge in [0.2, 0.25) is 0 Å². The normalized spacial score (nSPS) is 14.2. The van der Waals surface area contributed by atoms with Gasteiger partial charge in [-0.15, -0.1) is 0 Å². The molecule has 1 aromatic carbocycles. The first kappa shape index (κ1) is 16.5. The van der Waals surface area contributed by atoms with Crippen molar-refractivity contribution in [3.63, 3.8) is 0 Å². The predicted octanol–water partition coefficient (Wildman–Crippen LogP) is 4.32. The number of rotatable bonds is 4. The first-order valence-corrected chi connectivity index (χ1v) is 7.04. The number of carbonyl (C=O) groups excluding carboxylic acids is 1. The number of nitrogens with zero attached hydrogens (tertiary/aromatic N) is 1. The highest BCUT2D eigenvalue weighted by atomic mass is 35.5. The summed E-state index contributed by atoms with van der Waals surface area (Å²) in [4.78, 5) is 12.2. The Morgan fingerprint density at radius 3 is 2.30 bits per heavy atom. The quantitative estimate of drug-likeness (QED) is 0.777. The van der Waals surface area contributed by atoms with Gasteiger partial charge in [0, 0.05) is 10.9 Å². The van der Waals surface area contributed by atoms with Crippen LogP contribution >= 0.6 is 11.6 Å². The highest BCUT2D eigenvalue weighted by Gasteiger charge is 2.32. The summed E-state index contributed by atoms with van der Waals surface area (Å²) in [5, 5.41) is 9.97. The number of ether oxygens (including phenoxy) is 1. The van der Waals surface area contributed by atoms with Gasteiger partial charge in [-0.25, -0.2) is 0 Å². The third-order valence-electron chi connectivity index (χ3n) is 2.94. The van der Waals surface area contributed by atoms with Crippen LogP contribution in [0.1, 0.15) is 45.6 Å². The summed E-state index contributed by atoms with van der Waals surface area (Å²) >= 11 is 5.87. The molecule has 0 heterocycles. The van der Waals surface area contributed by atoms with E-state index in [9.17, 15) is 10.1 Å². The zero-order valence-electron chi connectivity index (χ0n) is 12.3. The molecule has 4 heteroatoms. The van der Waals surface area contributed by atoms with Gasteiger partial charge in [-0.05, 0) is 44.9 Å². The second kappa shape index (κ2) is 6.76. The van der Waals surface area contributed by atoms with E-state index in [0.29, 0.717) is 11.4 Å². The van der Waals surface area contributed by atoms with Gasteiger partial charge < -0.3 is 4.74 Å². The summed E-state index contributed by atoms with van der Waals surface area (Å²) in [6, 6.07) is 9.32. The topological polar surface area (TPSA) is 50.1 Å². The van der Waals surface area contributed by atoms with E-state index < -0.39 is 17.5 Å². The van der Waals surface area contributed by atoms with Gasteiger partial charge >= 0.3 is 5.97 Å². The van der Waals surface area contributed by atoms with E-state index in [1.165, 1.54) is 0 Å². The minimum absolute atomic E-state index is 0.188. The first-order chi connectivity index (χ1) is 9.28. The Morgan fingerprint density at radius 1 is 1.35 bits per heavy atom. The van der Waals surface area contributed by atoms with E-state index in [1.54, 1.807) is 32.9 Å². The summed E-state index contributed by atoms with van der Waals surface area (Å²) in [6.07, 6.45) is 0.680. The predicted molar refractivity (Wildman–Crippen MR) is 79.4 cm³/mol. The van der Waals surface area contributed by atoms with Crippen LogP contribution in [0.5, 0.6) is 0 Å². The smallest absolute Gasteiger partial charge is 0.324 e. The monoisotopic (exact) mass is 293 g/mol. The number of carbonyl (C=O) groups is 1. The number of benzene rings is 1. The Labute approximate surface area is 125 Å². The maximum absolute atomic E-state index is 12.2. The molecule has 3 nitrogen and oxygen atoms in total. The van der Waals surface area contributed by atoms with Crippen molar-refractivity contribution in [2.45, 2.75) is 45.6 Å². The maximum atomic E-state index is 12.2. The van der Waals surface area contributed by atoms with Crippen molar-refractivity contribution in [3.05, 3.63) is 34.9 Å². The highest BCUT2D eigenvalue weighted by molar-refractivity contribution is 6.30. The number of hydrogen-bond donors (Lipinski definition) is 0. The molecule has 0 N–H and O–H groups in total. The van der Waals surface area contributed by atoms with Gasteiger partial charge in [0.05, 0.1) is 6.07 Å². The molecule has 0 saturated heterocycles. The molecule has 0 bridgehead atoms. The van der Waals surface area contributed by atoms with Crippen LogP contribution < -0.4 is 0 Å². The summed E-state index contributed by atoms with van der Waals surface area (Å²) in [5.41, 5.74) is 0.332. The Morgan fingerprint density at radius 2 is 1.90 bits per heavy atom. The molecule has 108 valence electrons. The van der Waals surface area contributed by atoms with E-state index in [2.05, 4.69) is 6.07 Å². The van der Waals surface area contributed by atoms with E-state index in [0.717, 1.165) is 5.56 Å². The first-order valence-electron chi connectivity index (χ1n) is 6.66. The Bertz CT molecular complexity index is 497. The number of esters is 1. The van der Waals surface area contributed by atoms with E-state index in [-0.39, 0.29) is 5.92 Å². The van der Waals surface area contributed by atoms with Gasteiger partial charge in [-0.2, -0.15) is 5.26 Å². The SMILES string of the molecule is CCC(c1ccc(Cl)cc1)C(C#N)C(=O)OC(C)(C)C. The minimum atomic E-state index is -0.805. The van der Waals surface area contributed by atoms with E-state index in [1.807, 2.05) is 19.1 Å². The molecule has 0 saturated carbocycles. The van der Waals surface area contributed by atoms with Crippen LogP contribution in [-0.4, -0.2) is 11.6 Å². The van der Waals surface area contributed by atoms with Crippen molar-refractivity contribution in [1.82, 2.24) is 0 Å². The fourth-order valence-corrected chi connectivity index (χ4v) is 2.17. The van der Waals surface area contributed by atoms with Crippen molar-refractivity contribution >= 4 is 17.6 Å². The molecule has 2 unspecified atom stereocenters. The number of halogens is 1. The largest absolute Gasteiger partial charge is 0.459 e. The Balaban J connectivity index is 2.99. The number of hydrogen-bond acceptors (Lipinski definition) is 3. The zero-order valence-corrected chi connectivity index (χ0v) is 13.1. The van der Waals surface area contributed by atoms with E-state index in [4.69, 9.17) is 16.3 Å². The average Bonchev–Trinajstić information content (AvgIpc) is 2.34. The summed E-state index contributed by atoms with van der Waals surface area (Å²) in [7, 11) is 0. The van der Waals surface area contributed by atoms with Crippen molar-refractivity contribution in [1.29, 1.82) is 5.26 Å². The molecule has 0 amide bonds. The van der Waals surface area contributed by atoms with Gasteiger partial charge in [0.1, 0.15) is 5.60 Å². The standard InChI is InChI=1S/C16H20ClNO2/c1-5-13(11-6-8-12(17)9-7-11)14(10-18)15(19)20-16(2,3)4/h6-9,13-14H,5H2,1-4H3. The lowest BCUT2D eigenvalue weighted by molar-refractivity contribution is -0.158. The lowest BCUT2D eigenvalue weighted by Crippen LogP contribution is -2.31. The molecule has 0 spiro atoms. The third kappa shape index (κ3) is 4.54. The third-order valence-corrected chi connectivity index (χ3v) is 3.19. The Kier molecular flexibility index (Phi) is 5.59. The molecule has 0 aromatic heterocycles. The van der Waals surface area contributed by atoms with Crippen molar-refractivity contribution in [3.8, 4) is 6.07 Å². The molecule has 1 rings (SSSR count).